The van der Waals surface area contributed by atoms with E-state index in [-0.39, 0.29) is 17.9 Å². The molecule has 4 nitrogen and oxygen atoms in total. The molecule has 0 aromatic rings. The van der Waals surface area contributed by atoms with Gasteiger partial charge in [0.25, 0.3) is 0 Å². The maximum absolute atomic E-state index is 10.8. The Morgan fingerprint density at radius 3 is 2.69 bits per heavy atom. The lowest BCUT2D eigenvalue weighted by Crippen LogP contribution is -2.30. The van der Waals surface area contributed by atoms with Gasteiger partial charge in [-0.05, 0) is 12.8 Å². The summed E-state index contributed by atoms with van der Waals surface area (Å²) in [5.74, 6) is -0.913. The van der Waals surface area contributed by atoms with Gasteiger partial charge >= 0.3 is 5.97 Å². The standard InChI is InChI=1S/C9H14N2O2/c1-6-4-11(7(2)3-10)5-8(6)9(12)13/h6-8H,4-5H2,1-2H3,(H,12,13). The summed E-state index contributed by atoms with van der Waals surface area (Å²) in [7, 11) is 0. The van der Waals surface area contributed by atoms with Crippen LogP contribution in [0.2, 0.25) is 0 Å². The summed E-state index contributed by atoms with van der Waals surface area (Å²) >= 11 is 0. The molecule has 4 heteroatoms. The quantitative estimate of drug-likeness (QED) is 0.677. The number of aliphatic carboxylic acids is 1. The summed E-state index contributed by atoms with van der Waals surface area (Å²) in [6.07, 6.45) is 0. The van der Waals surface area contributed by atoms with Gasteiger partial charge in [-0.15, -0.1) is 0 Å². The van der Waals surface area contributed by atoms with Crippen molar-refractivity contribution in [3.63, 3.8) is 0 Å². The first kappa shape index (κ1) is 10.0. The molecule has 3 unspecified atom stereocenters. The Labute approximate surface area is 77.8 Å². The molecule has 1 heterocycles. The van der Waals surface area contributed by atoms with Crippen LogP contribution in [0, 0.1) is 23.2 Å². The summed E-state index contributed by atoms with van der Waals surface area (Å²) < 4.78 is 0. The van der Waals surface area contributed by atoms with Gasteiger partial charge in [-0.25, -0.2) is 0 Å². The molecule has 0 amide bonds. The van der Waals surface area contributed by atoms with Crippen molar-refractivity contribution in [3.8, 4) is 6.07 Å². The lowest BCUT2D eigenvalue weighted by molar-refractivity contribution is -0.142. The van der Waals surface area contributed by atoms with Crippen LogP contribution in [0.15, 0.2) is 0 Å². The molecule has 0 bridgehead atoms. The van der Waals surface area contributed by atoms with Gasteiger partial charge in [0.1, 0.15) is 0 Å². The SMILES string of the molecule is CC1CN(C(C)C#N)CC1C(=O)O. The minimum Gasteiger partial charge on any atom is -0.481 e. The maximum atomic E-state index is 10.8. The molecule has 0 saturated carbocycles. The number of hydrogen-bond acceptors (Lipinski definition) is 3. The molecule has 1 saturated heterocycles. The Morgan fingerprint density at radius 1 is 1.69 bits per heavy atom. The molecule has 72 valence electrons. The van der Waals surface area contributed by atoms with E-state index in [0.717, 1.165) is 0 Å². The number of nitriles is 1. The number of likely N-dealkylation sites (tertiary alicyclic amines) is 1. The van der Waals surface area contributed by atoms with Gasteiger partial charge in [0, 0.05) is 13.1 Å². The van der Waals surface area contributed by atoms with Gasteiger partial charge in [-0.2, -0.15) is 5.26 Å². The summed E-state index contributed by atoms with van der Waals surface area (Å²) in [5, 5.41) is 17.5. The molecular weight excluding hydrogens is 168 g/mol. The zero-order valence-electron chi connectivity index (χ0n) is 7.90. The van der Waals surface area contributed by atoms with Crippen LogP contribution in [0.1, 0.15) is 13.8 Å². The number of hydrogen-bond donors (Lipinski definition) is 1. The van der Waals surface area contributed by atoms with Crippen molar-refractivity contribution >= 4 is 5.97 Å². The van der Waals surface area contributed by atoms with Crippen molar-refractivity contribution in [3.05, 3.63) is 0 Å². The molecule has 13 heavy (non-hydrogen) atoms. The summed E-state index contributed by atoms with van der Waals surface area (Å²) in [6, 6.07) is 1.95. The molecule has 0 radical (unpaired) electrons. The van der Waals surface area contributed by atoms with E-state index in [1.807, 2.05) is 11.8 Å². The van der Waals surface area contributed by atoms with E-state index in [1.54, 1.807) is 6.92 Å². The average molecular weight is 182 g/mol. The van der Waals surface area contributed by atoms with Crippen molar-refractivity contribution in [2.45, 2.75) is 19.9 Å². The minimum atomic E-state index is -0.750. The monoisotopic (exact) mass is 182 g/mol. The fourth-order valence-electron chi connectivity index (χ4n) is 1.72. The summed E-state index contributed by atoms with van der Waals surface area (Å²) in [4.78, 5) is 12.7. The third-order valence-electron chi connectivity index (χ3n) is 2.69. The van der Waals surface area contributed by atoms with E-state index in [2.05, 4.69) is 6.07 Å². The third-order valence-corrected chi connectivity index (χ3v) is 2.69. The molecule has 0 aromatic carbocycles. The summed E-state index contributed by atoms with van der Waals surface area (Å²) in [6.45, 7) is 4.94. The maximum Gasteiger partial charge on any atom is 0.308 e. The van der Waals surface area contributed by atoms with E-state index < -0.39 is 5.97 Å². The van der Waals surface area contributed by atoms with Crippen LogP contribution in [0.4, 0.5) is 0 Å². The van der Waals surface area contributed by atoms with Gasteiger partial charge in [0.05, 0.1) is 18.0 Å². The van der Waals surface area contributed by atoms with Crippen molar-refractivity contribution < 1.29 is 9.90 Å². The van der Waals surface area contributed by atoms with Crippen molar-refractivity contribution in [2.24, 2.45) is 11.8 Å². The second-order valence-electron chi connectivity index (χ2n) is 3.68. The molecule has 0 spiro atoms. The van der Waals surface area contributed by atoms with Crippen LogP contribution >= 0.6 is 0 Å². The number of carboxylic acids is 1. The average Bonchev–Trinajstić information content (AvgIpc) is 2.46. The van der Waals surface area contributed by atoms with Crippen LogP contribution in [-0.4, -0.2) is 35.1 Å². The lowest BCUT2D eigenvalue weighted by atomic mass is 9.99. The van der Waals surface area contributed by atoms with Gasteiger partial charge in [-0.3, -0.25) is 9.69 Å². The highest BCUT2D eigenvalue weighted by Gasteiger charge is 2.36. The first-order valence-electron chi connectivity index (χ1n) is 4.42. The zero-order valence-corrected chi connectivity index (χ0v) is 7.90. The lowest BCUT2D eigenvalue weighted by Gasteiger charge is -2.16. The van der Waals surface area contributed by atoms with Crippen LogP contribution in [-0.2, 0) is 4.79 Å². The molecule has 1 aliphatic heterocycles. The Balaban J connectivity index is 2.61. The Hall–Kier alpha value is -1.08. The van der Waals surface area contributed by atoms with E-state index in [1.165, 1.54) is 0 Å². The fourth-order valence-corrected chi connectivity index (χ4v) is 1.72. The highest BCUT2D eigenvalue weighted by atomic mass is 16.4. The highest BCUT2D eigenvalue weighted by Crippen LogP contribution is 2.24. The van der Waals surface area contributed by atoms with Crippen molar-refractivity contribution in [1.82, 2.24) is 4.90 Å². The van der Waals surface area contributed by atoms with E-state index in [0.29, 0.717) is 13.1 Å². The second kappa shape index (κ2) is 3.75. The molecule has 0 aromatic heterocycles. The topological polar surface area (TPSA) is 64.3 Å². The van der Waals surface area contributed by atoms with Crippen LogP contribution in [0.3, 0.4) is 0 Å². The molecular formula is C9H14N2O2. The highest BCUT2D eigenvalue weighted by molar-refractivity contribution is 5.71. The molecule has 1 rings (SSSR count). The van der Waals surface area contributed by atoms with Gasteiger partial charge in [0.2, 0.25) is 0 Å². The van der Waals surface area contributed by atoms with Gasteiger partial charge in [0.15, 0.2) is 0 Å². The largest absolute Gasteiger partial charge is 0.481 e. The minimum absolute atomic E-state index is 0.147. The van der Waals surface area contributed by atoms with E-state index in [9.17, 15) is 4.79 Å². The fraction of sp³-hybridized carbons (Fsp3) is 0.778. The first-order valence-corrected chi connectivity index (χ1v) is 4.42. The van der Waals surface area contributed by atoms with Gasteiger partial charge < -0.3 is 5.11 Å². The number of carboxylic acid groups (broad SMARTS) is 1. The number of rotatable bonds is 2. The predicted octanol–water partition coefficient (Wildman–Crippen LogP) is 0.551. The smallest absolute Gasteiger partial charge is 0.308 e. The number of nitrogens with zero attached hydrogens (tertiary/aromatic N) is 2. The van der Waals surface area contributed by atoms with Crippen LogP contribution in [0.5, 0.6) is 0 Å². The summed E-state index contributed by atoms with van der Waals surface area (Å²) in [5.41, 5.74) is 0. The zero-order chi connectivity index (χ0) is 10.0. The number of carbonyl (C=O) groups is 1. The predicted molar refractivity (Wildman–Crippen MR) is 46.9 cm³/mol. The third kappa shape index (κ3) is 1.99. The Bertz CT molecular complexity index is 246. The van der Waals surface area contributed by atoms with Crippen molar-refractivity contribution in [1.29, 1.82) is 5.26 Å². The molecule has 1 aliphatic rings. The van der Waals surface area contributed by atoms with E-state index >= 15 is 0 Å². The normalized spacial score (nSPS) is 31.2. The first-order chi connectivity index (χ1) is 6.06. The molecule has 3 atom stereocenters. The van der Waals surface area contributed by atoms with Gasteiger partial charge in [-0.1, -0.05) is 6.92 Å². The molecule has 1 N–H and O–H groups in total. The van der Waals surface area contributed by atoms with Crippen LogP contribution in [0.25, 0.3) is 0 Å². The Morgan fingerprint density at radius 2 is 2.31 bits per heavy atom. The van der Waals surface area contributed by atoms with Crippen molar-refractivity contribution in [2.75, 3.05) is 13.1 Å². The molecule has 0 aliphatic carbocycles. The second-order valence-corrected chi connectivity index (χ2v) is 3.68. The Kier molecular flexibility index (Phi) is 2.89. The molecule has 1 fully saturated rings. The van der Waals surface area contributed by atoms with E-state index in [4.69, 9.17) is 10.4 Å². The van der Waals surface area contributed by atoms with Crippen LogP contribution < -0.4 is 0 Å².